The quantitative estimate of drug-likeness (QED) is 0.529. The van der Waals surface area contributed by atoms with E-state index in [1.807, 2.05) is 57.2 Å². The fourth-order valence-corrected chi connectivity index (χ4v) is 4.14. The van der Waals surface area contributed by atoms with Gasteiger partial charge in [0, 0.05) is 20.3 Å². The minimum Gasteiger partial charge on any atom is -0.494 e. The molecule has 1 unspecified atom stereocenters. The van der Waals surface area contributed by atoms with Crippen LogP contribution in [0, 0.1) is 13.8 Å². The maximum absolute atomic E-state index is 13.6. The van der Waals surface area contributed by atoms with Crippen LogP contribution in [-0.2, 0) is 4.74 Å². The molecule has 162 valence electrons. The van der Waals surface area contributed by atoms with E-state index in [2.05, 4.69) is 0 Å². The largest absolute Gasteiger partial charge is 0.494 e. The van der Waals surface area contributed by atoms with Crippen molar-refractivity contribution < 1.29 is 18.7 Å². The van der Waals surface area contributed by atoms with Gasteiger partial charge in [0.2, 0.25) is 5.76 Å². The molecule has 2 heterocycles. The van der Waals surface area contributed by atoms with Crippen molar-refractivity contribution in [3.8, 4) is 5.75 Å². The second kappa shape index (κ2) is 8.55. The maximum Gasteiger partial charge on any atom is 0.290 e. The Hall–Kier alpha value is -3.12. The van der Waals surface area contributed by atoms with E-state index in [1.54, 1.807) is 12.0 Å². The summed E-state index contributed by atoms with van der Waals surface area (Å²) in [6.07, 6.45) is 0.662. The van der Waals surface area contributed by atoms with Crippen molar-refractivity contribution in [2.45, 2.75) is 33.2 Å². The second-order valence-electron chi connectivity index (χ2n) is 7.86. The number of benzene rings is 2. The van der Waals surface area contributed by atoms with Crippen LogP contribution in [0.15, 0.2) is 45.6 Å². The van der Waals surface area contributed by atoms with Gasteiger partial charge in [0.1, 0.15) is 11.3 Å². The third-order valence-corrected chi connectivity index (χ3v) is 5.84. The highest BCUT2D eigenvalue weighted by Crippen LogP contribution is 2.39. The normalized spacial score (nSPS) is 15.5. The Kier molecular flexibility index (Phi) is 5.83. The summed E-state index contributed by atoms with van der Waals surface area (Å²) in [5.74, 6) is 0.623. The lowest BCUT2D eigenvalue weighted by Gasteiger charge is -2.25. The van der Waals surface area contributed by atoms with E-state index in [4.69, 9.17) is 13.9 Å². The molecule has 6 nitrogen and oxygen atoms in total. The first-order valence-corrected chi connectivity index (χ1v) is 10.6. The third kappa shape index (κ3) is 3.72. The van der Waals surface area contributed by atoms with Crippen LogP contribution in [0.3, 0.4) is 0 Å². The molecule has 3 aromatic rings. The molecule has 31 heavy (non-hydrogen) atoms. The maximum atomic E-state index is 13.6. The van der Waals surface area contributed by atoms with Crippen molar-refractivity contribution in [2.24, 2.45) is 0 Å². The van der Waals surface area contributed by atoms with Gasteiger partial charge >= 0.3 is 0 Å². The van der Waals surface area contributed by atoms with Crippen molar-refractivity contribution in [1.82, 2.24) is 4.90 Å². The molecule has 2 aromatic carbocycles. The topological polar surface area (TPSA) is 69.0 Å². The first-order chi connectivity index (χ1) is 15.0. The molecule has 0 spiro atoms. The predicted octanol–water partition coefficient (Wildman–Crippen LogP) is 4.39. The monoisotopic (exact) mass is 421 g/mol. The van der Waals surface area contributed by atoms with Crippen molar-refractivity contribution >= 4 is 16.9 Å². The molecule has 0 N–H and O–H groups in total. The molecule has 1 aliphatic heterocycles. The van der Waals surface area contributed by atoms with Crippen molar-refractivity contribution in [3.05, 3.63) is 74.6 Å². The molecule has 0 radical (unpaired) electrons. The summed E-state index contributed by atoms with van der Waals surface area (Å²) in [4.78, 5) is 28.6. The third-order valence-electron chi connectivity index (χ3n) is 5.84. The van der Waals surface area contributed by atoms with Gasteiger partial charge in [0.25, 0.3) is 5.91 Å². The number of hydrogen-bond donors (Lipinski definition) is 0. The zero-order valence-electron chi connectivity index (χ0n) is 18.4. The SMILES string of the molecule is CCOc1ccc(C2c3c(oc4cc(C)c(C)cc4c3=O)C(=O)N2CCCOC)cc1. The van der Waals surface area contributed by atoms with Crippen LogP contribution < -0.4 is 10.2 Å². The first-order valence-electron chi connectivity index (χ1n) is 10.6. The van der Waals surface area contributed by atoms with Crippen LogP contribution in [0.5, 0.6) is 5.75 Å². The number of methoxy groups -OCH3 is 1. The van der Waals surface area contributed by atoms with E-state index in [9.17, 15) is 9.59 Å². The number of ether oxygens (including phenoxy) is 2. The van der Waals surface area contributed by atoms with E-state index in [-0.39, 0.29) is 17.1 Å². The Morgan fingerprint density at radius 1 is 1.06 bits per heavy atom. The van der Waals surface area contributed by atoms with Crippen LogP contribution in [-0.4, -0.2) is 37.7 Å². The highest BCUT2D eigenvalue weighted by Gasteiger charge is 2.42. The summed E-state index contributed by atoms with van der Waals surface area (Å²) in [5.41, 5.74) is 3.58. The van der Waals surface area contributed by atoms with Gasteiger partial charge < -0.3 is 18.8 Å². The van der Waals surface area contributed by atoms with Crippen LogP contribution >= 0.6 is 0 Å². The molecule has 1 aromatic heterocycles. The Labute approximate surface area is 181 Å². The Morgan fingerprint density at radius 3 is 2.45 bits per heavy atom. The van der Waals surface area contributed by atoms with Gasteiger partial charge in [-0.2, -0.15) is 0 Å². The first kappa shape index (κ1) is 21.1. The zero-order chi connectivity index (χ0) is 22.1. The van der Waals surface area contributed by atoms with Crippen molar-refractivity contribution in [2.75, 3.05) is 26.9 Å². The summed E-state index contributed by atoms with van der Waals surface area (Å²) >= 11 is 0. The van der Waals surface area contributed by atoms with Crippen LogP contribution in [0.1, 0.15) is 52.2 Å². The number of amides is 1. The van der Waals surface area contributed by atoms with Crippen molar-refractivity contribution in [1.29, 1.82) is 0 Å². The number of rotatable bonds is 7. The van der Waals surface area contributed by atoms with E-state index in [0.717, 1.165) is 22.4 Å². The van der Waals surface area contributed by atoms with Crippen molar-refractivity contribution in [3.63, 3.8) is 0 Å². The number of hydrogen-bond acceptors (Lipinski definition) is 5. The van der Waals surface area contributed by atoms with Gasteiger partial charge in [-0.15, -0.1) is 0 Å². The standard InChI is InChI=1S/C25H27NO5/c1-5-30-18-9-7-17(8-10-18)22-21-23(27)19-13-15(2)16(3)14-20(19)31-24(21)25(28)26(22)11-6-12-29-4/h7-10,13-14,22H,5-6,11-12H2,1-4H3. The highest BCUT2D eigenvalue weighted by molar-refractivity contribution is 5.99. The molecule has 1 amide bonds. The molecule has 0 saturated heterocycles. The second-order valence-corrected chi connectivity index (χ2v) is 7.86. The Morgan fingerprint density at radius 2 is 1.77 bits per heavy atom. The van der Waals surface area contributed by atoms with Crippen LogP contribution in [0.2, 0.25) is 0 Å². The minimum absolute atomic E-state index is 0.136. The van der Waals surface area contributed by atoms with Crippen LogP contribution in [0.25, 0.3) is 11.0 Å². The summed E-state index contributed by atoms with van der Waals surface area (Å²) in [6.45, 7) is 7.41. The molecular formula is C25H27NO5. The molecular weight excluding hydrogens is 394 g/mol. The Bertz CT molecular complexity index is 1180. The minimum atomic E-state index is -0.503. The number of nitrogens with zero attached hydrogens (tertiary/aromatic N) is 1. The number of carbonyl (C=O) groups is 1. The lowest BCUT2D eigenvalue weighted by Crippen LogP contribution is -2.31. The van der Waals surface area contributed by atoms with Crippen LogP contribution in [0.4, 0.5) is 0 Å². The summed E-state index contributed by atoms with van der Waals surface area (Å²) < 4.78 is 16.8. The predicted molar refractivity (Wildman–Crippen MR) is 119 cm³/mol. The molecule has 1 atom stereocenters. The van der Waals surface area contributed by atoms with Gasteiger partial charge in [-0.3, -0.25) is 9.59 Å². The summed E-state index contributed by atoms with van der Waals surface area (Å²) in [7, 11) is 1.63. The molecule has 4 rings (SSSR count). The smallest absolute Gasteiger partial charge is 0.290 e. The van der Waals surface area contributed by atoms with E-state index in [1.165, 1.54) is 0 Å². The summed E-state index contributed by atoms with van der Waals surface area (Å²) in [6, 6.07) is 10.7. The average Bonchev–Trinajstić information content (AvgIpc) is 3.03. The van der Waals surface area contributed by atoms with E-state index < -0.39 is 6.04 Å². The van der Waals surface area contributed by atoms with E-state index in [0.29, 0.717) is 42.7 Å². The number of carbonyl (C=O) groups excluding carboxylic acids is 1. The van der Waals surface area contributed by atoms with Gasteiger partial charge in [-0.1, -0.05) is 12.1 Å². The number of fused-ring (bicyclic) bond motifs is 2. The average molecular weight is 421 g/mol. The fourth-order valence-electron chi connectivity index (χ4n) is 4.14. The van der Waals surface area contributed by atoms with E-state index >= 15 is 0 Å². The lowest BCUT2D eigenvalue weighted by molar-refractivity contribution is 0.0708. The molecule has 0 fully saturated rings. The molecule has 6 heteroatoms. The van der Waals surface area contributed by atoms with Gasteiger partial charge in [0.05, 0.1) is 23.6 Å². The molecule has 0 aliphatic carbocycles. The Balaban J connectivity index is 1.88. The van der Waals surface area contributed by atoms with Gasteiger partial charge in [-0.25, -0.2) is 0 Å². The number of aryl methyl sites for hydroxylation is 2. The lowest BCUT2D eigenvalue weighted by atomic mass is 9.97. The molecule has 1 aliphatic rings. The highest BCUT2D eigenvalue weighted by atomic mass is 16.5. The molecule has 0 saturated carbocycles. The molecule has 0 bridgehead atoms. The zero-order valence-corrected chi connectivity index (χ0v) is 18.4. The van der Waals surface area contributed by atoms with Gasteiger partial charge in [0.15, 0.2) is 5.43 Å². The summed E-state index contributed by atoms with van der Waals surface area (Å²) in [5, 5.41) is 0.504. The van der Waals surface area contributed by atoms with Gasteiger partial charge in [-0.05, 0) is 68.1 Å². The fraction of sp³-hybridized carbons (Fsp3) is 0.360.